The molecule has 4 aromatic carbocycles. The van der Waals surface area contributed by atoms with E-state index in [1.165, 1.54) is 6.07 Å². The first-order chi connectivity index (χ1) is 24.2. The lowest BCUT2D eigenvalue weighted by Crippen LogP contribution is -2.09. The largest absolute Gasteiger partial charge is 0.393 e. The fourth-order valence-electron chi connectivity index (χ4n) is 6.40. The summed E-state index contributed by atoms with van der Waals surface area (Å²) in [5, 5.41) is 37.4. The summed E-state index contributed by atoms with van der Waals surface area (Å²) < 4.78 is 0.771. The van der Waals surface area contributed by atoms with Gasteiger partial charge in [-0.1, -0.05) is 72.8 Å². The fourth-order valence-corrected chi connectivity index (χ4v) is 6.40. The number of nitrogens with two attached hydrogens (primary N) is 1. The molecule has 3 aromatic heterocycles. The van der Waals surface area contributed by atoms with Crippen molar-refractivity contribution in [3.63, 3.8) is 0 Å². The number of anilines is 1. The maximum Gasteiger partial charge on any atom is 0.369 e. The molecule has 3 N–H and O–H groups in total. The lowest BCUT2D eigenvalue weighted by atomic mass is 10.1. The van der Waals surface area contributed by atoms with Crippen molar-refractivity contribution in [1.29, 1.82) is 0 Å². The number of nitro benzene ring substituents is 2. The molecule has 2 aliphatic heterocycles. The molecule has 9 rings (SSSR count). The zero-order valence-electron chi connectivity index (χ0n) is 25.0. The Morgan fingerprint density at radius 3 is 1.46 bits per heavy atom. The first-order valence-electron chi connectivity index (χ1n) is 14.7. The van der Waals surface area contributed by atoms with Crippen LogP contribution in [0.4, 0.5) is 17.1 Å². The van der Waals surface area contributed by atoms with Crippen LogP contribution >= 0.6 is 0 Å². The Hall–Kier alpha value is -7.76. The second-order valence-corrected chi connectivity index (χ2v) is 11.2. The van der Waals surface area contributed by atoms with E-state index in [2.05, 4.69) is 19.9 Å². The molecule has 0 radical (unpaired) electrons. The smallest absolute Gasteiger partial charge is 0.369 e. The van der Waals surface area contributed by atoms with Gasteiger partial charge in [-0.3, -0.25) is 20.2 Å². The predicted molar refractivity (Wildman–Crippen MR) is 180 cm³/mol. The molecule has 0 amide bonds. The Labute approximate surface area is 276 Å². The molecule has 0 atom stereocenters. The van der Waals surface area contributed by atoms with Gasteiger partial charge in [0, 0.05) is 38.4 Å². The summed E-state index contributed by atoms with van der Waals surface area (Å²) in [7, 11) is 0. The SMILES string of the molecule is Nc1cc2c3nc4nc(nc5c6ccccc6c(nc6nc(nc([nH]3)c2c([N+](=O)[O-])c1[N+](=O)[O-])-c1ccccc1-6)n5[N+](=O)[O-])-c1ccccc1-4. The highest BCUT2D eigenvalue weighted by Gasteiger charge is 2.34. The number of rotatable bonds is 3. The number of hydrogen-bond acceptors (Lipinski definition) is 13. The van der Waals surface area contributed by atoms with Crippen molar-refractivity contribution in [2.24, 2.45) is 0 Å². The minimum absolute atomic E-state index is 0.00696. The van der Waals surface area contributed by atoms with E-state index in [4.69, 9.17) is 20.7 Å². The monoisotopic (exact) mass is 664 g/mol. The Balaban J connectivity index is 1.57. The van der Waals surface area contributed by atoms with Crippen LogP contribution in [-0.2, 0) is 0 Å². The van der Waals surface area contributed by atoms with Crippen LogP contribution in [-0.4, -0.2) is 54.4 Å². The van der Waals surface area contributed by atoms with Crippen LogP contribution in [0.15, 0.2) is 78.9 Å². The van der Waals surface area contributed by atoms with E-state index in [1.54, 1.807) is 72.8 Å². The summed E-state index contributed by atoms with van der Waals surface area (Å²) >= 11 is 0. The van der Waals surface area contributed by atoms with Gasteiger partial charge in [0.2, 0.25) is 11.3 Å². The van der Waals surface area contributed by atoms with Crippen LogP contribution in [0.25, 0.3) is 89.7 Å². The van der Waals surface area contributed by atoms with Crippen molar-refractivity contribution in [3.8, 4) is 45.6 Å². The summed E-state index contributed by atoms with van der Waals surface area (Å²) in [6.07, 6.45) is 0. The number of benzene rings is 4. The summed E-state index contributed by atoms with van der Waals surface area (Å²) in [6.45, 7) is 0. The molecule has 5 heterocycles. The van der Waals surface area contributed by atoms with Crippen molar-refractivity contribution >= 4 is 61.2 Å². The minimum atomic E-state index is -0.925. The maximum atomic E-state index is 12.8. The number of nitrogens with zero attached hydrogens (tertiary/aromatic N) is 10. The Morgan fingerprint density at radius 2 is 1.00 bits per heavy atom. The standard InChI is InChI=1S/C32H16N12O6/c33-21-13-20-22(24(43(47)48)23(21)42(45)46)30-37-26-15-8-2-4-10-17(15)28(35-26)40-32-19-12-6-5-11-18(19)31(41(32)44(49)50)39-27-16-9-3-1-7-14(16)25(34-27)36-29(20)38-30/h1-13H,33H2,(H,34,35,36,37,38,39,40). The average molecular weight is 665 g/mol. The third-order valence-corrected chi connectivity index (χ3v) is 8.47. The molecule has 8 bridgehead atoms. The number of fused-ring (bicyclic) bond motifs is 20. The highest BCUT2D eigenvalue weighted by atomic mass is 16.7. The van der Waals surface area contributed by atoms with Crippen molar-refractivity contribution in [2.75, 3.05) is 5.73 Å². The van der Waals surface area contributed by atoms with Gasteiger partial charge in [0.05, 0.1) is 9.85 Å². The molecular weight excluding hydrogens is 648 g/mol. The lowest BCUT2D eigenvalue weighted by molar-refractivity contribution is -0.534. The van der Waals surface area contributed by atoms with Gasteiger partial charge in [-0.05, 0) is 10.7 Å². The van der Waals surface area contributed by atoms with Gasteiger partial charge in [0.25, 0.3) is 0 Å². The van der Waals surface area contributed by atoms with Crippen LogP contribution in [0.3, 0.4) is 0 Å². The third-order valence-electron chi connectivity index (χ3n) is 8.47. The van der Waals surface area contributed by atoms with E-state index >= 15 is 0 Å². The maximum absolute atomic E-state index is 12.8. The normalized spacial score (nSPS) is 11.8. The number of aromatic amines is 1. The van der Waals surface area contributed by atoms with E-state index < -0.39 is 31.9 Å². The first-order valence-corrected chi connectivity index (χ1v) is 14.7. The molecular formula is C32H16N12O6. The number of hydrogen-bond donors (Lipinski definition) is 2. The minimum Gasteiger partial charge on any atom is -0.393 e. The Kier molecular flexibility index (Phi) is 5.76. The van der Waals surface area contributed by atoms with E-state index in [0.717, 1.165) is 4.68 Å². The second-order valence-electron chi connectivity index (χ2n) is 11.2. The molecule has 0 fully saturated rings. The number of nitrogen functional groups attached to an aromatic ring is 1. The summed E-state index contributed by atoms with van der Waals surface area (Å²) in [6, 6.07) is 21.8. The number of nitrogens with one attached hydrogen (secondary N) is 1. The molecule has 50 heavy (non-hydrogen) atoms. The molecule has 240 valence electrons. The van der Waals surface area contributed by atoms with E-state index in [-0.39, 0.29) is 56.7 Å². The van der Waals surface area contributed by atoms with Gasteiger partial charge >= 0.3 is 11.4 Å². The van der Waals surface area contributed by atoms with Gasteiger partial charge < -0.3 is 10.7 Å². The van der Waals surface area contributed by atoms with Gasteiger partial charge in [-0.25, -0.2) is 40.0 Å². The first kappa shape index (κ1) is 28.5. The molecule has 0 spiro atoms. The molecule has 0 unspecified atom stereocenters. The van der Waals surface area contributed by atoms with E-state index in [1.807, 2.05) is 0 Å². The van der Waals surface area contributed by atoms with Gasteiger partial charge in [-0.2, -0.15) is 0 Å². The molecule has 18 nitrogen and oxygen atoms in total. The Morgan fingerprint density at radius 1 is 0.560 bits per heavy atom. The summed E-state index contributed by atoms with van der Waals surface area (Å²) in [5.41, 5.74) is 5.43. The van der Waals surface area contributed by atoms with Gasteiger partial charge in [0.1, 0.15) is 22.4 Å². The molecule has 7 aromatic rings. The van der Waals surface area contributed by atoms with Crippen molar-refractivity contribution in [2.45, 2.75) is 0 Å². The van der Waals surface area contributed by atoms with Crippen LogP contribution in [0.2, 0.25) is 0 Å². The lowest BCUT2D eigenvalue weighted by Gasteiger charge is -2.01. The zero-order valence-corrected chi connectivity index (χ0v) is 25.0. The van der Waals surface area contributed by atoms with Crippen LogP contribution in [0.1, 0.15) is 0 Å². The predicted octanol–water partition coefficient (Wildman–Crippen LogP) is 5.78. The van der Waals surface area contributed by atoms with E-state index in [0.29, 0.717) is 33.0 Å². The second kappa shape index (κ2) is 10.1. The van der Waals surface area contributed by atoms with E-state index in [9.17, 15) is 30.3 Å². The highest BCUT2D eigenvalue weighted by Crippen LogP contribution is 2.44. The van der Waals surface area contributed by atoms with Crippen LogP contribution in [0, 0.1) is 30.3 Å². The summed E-state index contributed by atoms with van der Waals surface area (Å²) in [4.78, 5) is 66.5. The van der Waals surface area contributed by atoms with Crippen LogP contribution < -0.4 is 5.73 Å². The third kappa shape index (κ3) is 3.95. The highest BCUT2D eigenvalue weighted by molar-refractivity contribution is 6.14. The number of nitro groups is 3. The molecule has 0 saturated heterocycles. The van der Waals surface area contributed by atoms with Crippen molar-refractivity contribution < 1.29 is 14.9 Å². The van der Waals surface area contributed by atoms with Crippen LogP contribution in [0.5, 0.6) is 0 Å². The summed E-state index contributed by atoms with van der Waals surface area (Å²) in [5.74, 6) is 0.301. The molecule has 0 saturated carbocycles. The molecule has 2 aliphatic rings. The fraction of sp³-hybridized carbons (Fsp3) is 0. The number of H-pyrrole nitrogens is 1. The Bertz CT molecular complexity index is 2900. The van der Waals surface area contributed by atoms with Gasteiger partial charge in [0.15, 0.2) is 28.3 Å². The zero-order chi connectivity index (χ0) is 34.4. The number of aromatic nitrogens is 8. The average Bonchev–Trinajstić information content (AvgIpc) is 3.81. The molecule has 0 aliphatic carbocycles. The quantitative estimate of drug-likeness (QED) is 0.129. The van der Waals surface area contributed by atoms with Gasteiger partial charge in [-0.15, -0.1) is 0 Å². The topological polar surface area (TPSA) is 254 Å². The molecule has 18 heteroatoms. The van der Waals surface area contributed by atoms with Crippen molar-refractivity contribution in [3.05, 3.63) is 109 Å². The van der Waals surface area contributed by atoms with Crippen molar-refractivity contribution in [1.82, 2.24) is 39.6 Å².